The van der Waals surface area contributed by atoms with Gasteiger partial charge in [0.1, 0.15) is 11.6 Å². The van der Waals surface area contributed by atoms with Crippen molar-refractivity contribution < 1.29 is 28.6 Å². The standard InChI is InChI=1S/C28H36FN3O5/c1-20(2)19-37-25-9-5-21(6-10-25)17-30-28(36)32(18-22-3-7-23(29)8-4-22)24-13-15-31(16-14-24)26(33)11-12-27(34)35/h3-10,20,24H,11-19H2,1-2H3,(H,30,36)(H,34,35). The summed E-state index contributed by atoms with van der Waals surface area (Å²) >= 11 is 0. The average Bonchev–Trinajstić information content (AvgIpc) is 2.89. The molecule has 0 saturated carbocycles. The Hall–Kier alpha value is -3.62. The SMILES string of the molecule is CC(C)COc1ccc(CNC(=O)N(Cc2ccc(F)cc2)C2CCN(C(=O)CCC(=O)O)CC2)cc1. The van der Waals surface area contributed by atoms with Gasteiger partial charge in [-0.3, -0.25) is 9.59 Å². The first-order chi connectivity index (χ1) is 17.7. The summed E-state index contributed by atoms with van der Waals surface area (Å²) < 4.78 is 19.1. The molecule has 0 aromatic heterocycles. The molecule has 8 nitrogen and oxygen atoms in total. The number of likely N-dealkylation sites (tertiary alicyclic amines) is 1. The van der Waals surface area contributed by atoms with Crippen molar-refractivity contribution in [3.05, 3.63) is 65.5 Å². The van der Waals surface area contributed by atoms with Gasteiger partial charge in [-0.2, -0.15) is 0 Å². The molecule has 2 N–H and O–H groups in total. The number of benzene rings is 2. The third kappa shape index (κ3) is 9.08. The van der Waals surface area contributed by atoms with Gasteiger partial charge in [0.05, 0.1) is 13.0 Å². The molecule has 37 heavy (non-hydrogen) atoms. The molecule has 1 saturated heterocycles. The van der Waals surface area contributed by atoms with Crippen molar-refractivity contribution >= 4 is 17.9 Å². The van der Waals surface area contributed by atoms with Crippen LogP contribution in [0.4, 0.5) is 9.18 Å². The number of halogens is 1. The van der Waals surface area contributed by atoms with E-state index in [1.807, 2.05) is 24.3 Å². The van der Waals surface area contributed by atoms with E-state index in [9.17, 15) is 18.8 Å². The highest BCUT2D eigenvalue weighted by Gasteiger charge is 2.30. The van der Waals surface area contributed by atoms with Gasteiger partial charge < -0.3 is 25.0 Å². The number of hydrogen-bond acceptors (Lipinski definition) is 4. The van der Waals surface area contributed by atoms with E-state index in [1.54, 1.807) is 21.9 Å². The Balaban J connectivity index is 1.61. The predicted octanol–water partition coefficient (Wildman–Crippen LogP) is 4.43. The smallest absolute Gasteiger partial charge is 0.318 e. The summed E-state index contributed by atoms with van der Waals surface area (Å²) in [7, 11) is 0. The topological polar surface area (TPSA) is 99.2 Å². The number of ether oxygens (including phenoxy) is 1. The van der Waals surface area contributed by atoms with E-state index in [2.05, 4.69) is 19.2 Å². The van der Waals surface area contributed by atoms with Gasteiger partial charge in [-0.1, -0.05) is 38.1 Å². The van der Waals surface area contributed by atoms with Crippen LogP contribution in [0.5, 0.6) is 5.75 Å². The van der Waals surface area contributed by atoms with E-state index in [4.69, 9.17) is 9.84 Å². The Morgan fingerprint density at radius 1 is 1.03 bits per heavy atom. The number of nitrogens with zero attached hydrogens (tertiary/aromatic N) is 2. The minimum atomic E-state index is -0.997. The zero-order valence-electron chi connectivity index (χ0n) is 21.5. The van der Waals surface area contributed by atoms with Gasteiger partial charge in [-0.05, 0) is 54.2 Å². The van der Waals surface area contributed by atoms with Gasteiger partial charge in [0.25, 0.3) is 0 Å². The molecule has 0 spiro atoms. The van der Waals surface area contributed by atoms with Crippen LogP contribution in [0, 0.1) is 11.7 Å². The second kappa shape index (κ2) is 13.6. The number of hydrogen-bond donors (Lipinski definition) is 2. The predicted molar refractivity (Wildman–Crippen MR) is 137 cm³/mol. The molecule has 0 atom stereocenters. The summed E-state index contributed by atoms with van der Waals surface area (Å²) in [6.45, 7) is 6.37. The number of carbonyl (C=O) groups is 3. The van der Waals surface area contributed by atoms with Crippen molar-refractivity contribution in [3.63, 3.8) is 0 Å². The van der Waals surface area contributed by atoms with Crippen LogP contribution in [0.2, 0.25) is 0 Å². The summed E-state index contributed by atoms with van der Waals surface area (Å²) in [4.78, 5) is 39.8. The van der Waals surface area contributed by atoms with Crippen molar-refractivity contribution in [3.8, 4) is 5.75 Å². The van der Waals surface area contributed by atoms with Crippen molar-refractivity contribution in [2.24, 2.45) is 5.92 Å². The van der Waals surface area contributed by atoms with Crippen LogP contribution in [0.15, 0.2) is 48.5 Å². The Kier molecular flexibility index (Phi) is 10.3. The van der Waals surface area contributed by atoms with Gasteiger partial charge in [0.2, 0.25) is 5.91 Å². The van der Waals surface area contributed by atoms with E-state index >= 15 is 0 Å². The number of rotatable bonds is 11. The average molecular weight is 514 g/mol. The molecule has 2 aromatic carbocycles. The molecule has 0 aliphatic carbocycles. The normalized spacial score (nSPS) is 13.9. The Bertz CT molecular complexity index is 1030. The molecule has 0 bridgehead atoms. The first-order valence-corrected chi connectivity index (χ1v) is 12.7. The fourth-order valence-corrected chi connectivity index (χ4v) is 4.20. The molecule has 2 aromatic rings. The minimum Gasteiger partial charge on any atom is -0.493 e. The summed E-state index contributed by atoms with van der Waals surface area (Å²) in [6, 6.07) is 13.3. The molecular formula is C28H36FN3O5. The van der Waals surface area contributed by atoms with E-state index in [-0.39, 0.29) is 36.6 Å². The Morgan fingerprint density at radius 3 is 2.24 bits per heavy atom. The molecule has 1 aliphatic heterocycles. The second-order valence-electron chi connectivity index (χ2n) is 9.77. The second-order valence-corrected chi connectivity index (χ2v) is 9.77. The number of piperidine rings is 1. The van der Waals surface area contributed by atoms with Crippen molar-refractivity contribution in [2.45, 2.75) is 58.7 Å². The van der Waals surface area contributed by atoms with Crippen molar-refractivity contribution in [2.75, 3.05) is 19.7 Å². The van der Waals surface area contributed by atoms with Gasteiger partial charge >= 0.3 is 12.0 Å². The highest BCUT2D eigenvalue weighted by Crippen LogP contribution is 2.21. The summed E-state index contributed by atoms with van der Waals surface area (Å²) in [5.74, 6) is -0.305. The summed E-state index contributed by atoms with van der Waals surface area (Å²) in [6.07, 6.45) is 0.939. The lowest BCUT2D eigenvalue weighted by molar-refractivity contribution is -0.141. The number of nitrogens with one attached hydrogen (secondary N) is 1. The van der Waals surface area contributed by atoms with E-state index in [0.717, 1.165) is 16.9 Å². The van der Waals surface area contributed by atoms with Crippen LogP contribution in [0.25, 0.3) is 0 Å². The number of urea groups is 1. The van der Waals surface area contributed by atoms with Crippen LogP contribution in [0.1, 0.15) is 50.7 Å². The van der Waals surface area contributed by atoms with Crippen LogP contribution in [-0.4, -0.2) is 58.6 Å². The maximum Gasteiger partial charge on any atom is 0.318 e. The van der Waals surface area contributed by atoms with Gasteiger partial charge in [-0.25, -0.2) is 9.18 Å². The summed E-state index contributed by atoms with van der Waals surface area (Å²) in [5, 5.41) is 11.8. The molecule has 3 amide bonds. The number of carboxylic acids is 1. The van der Waals surface area contributed by atoms with Crippen LogP contribution in [0.3, 0.4) is 0 Å². The highest BCUT2D eigenvalue weighted by atomic mass is 19.1. The monoisotopic (exact) mass is 513 g/mol. The van der Waals surface area contributed by atoms with Crippen molar-refractivity contribution in [1.82, 2.24) is 15.1 Å². The lowest BCUT2D eigenvalue weighted by Gasteiger charge is -2.38. The first kappa shape index (κ1) is 28.0. The third-order valence-electron chi connectivity index (χ3n) is 6.29. The molecule has 3 rings (SSSR count). The van der Waals surface area contributed by atoms with E-state index in [0.29, 0.717) is 51.5 Å². The summed E-state index contributed by atoms with van der Waals surface area (Å²) in [5.41, 5.74) is 1.74. The highest BCUT2D eigenvalue weighted by molar-refractivity contribution is 5.81. The number of carbonyl (C=O) groups excluding carboxylic acids is 2. The third-order valence-corrected chi connectivity index (χ3v) is 6.29. The lowest BCUT2D eigenvalue weighted by Crippen LogP contribution is -2.51. The molecule has 200 valence electrons. The van der Waals surface area contributed by atoms with Crippen LogP contribution in [-0.2, 0) is 22.7 Å². The molecule has 1 aliphatic rings. The maximum absolute atomic E-state index is 13.4. The molecule has 0 radical (unpaired) electrons. The fraction of sp³-hybridized carbons (Fsp3) is 0.464. The Morgan fingerprint density at radius 2 is 1.65 bits per heavy atom. The largest absolute Gasteiger partial charge is 0.493 e. The van der Waals surface area contributed by atoms with Crippen LogP contribution >= 0.6 is 0 Å². The van der Waals surface area contributed by atoms with Crippen LogP contribution < -0.4 is 10.1 Å². The molecule has 0 unspecified atom stereocenters. The maximum atomic E-state index is 13.4. The lowest BCUT2D eigenvalue weighted by atomic mass is 10.0. The van der Waals surface area contributed by atoms with Gasteiger partial charge in [0, 0.05) is 38.6 Å². The molecule has 9 heteroatoms. The van der Waals surface area contributed by atoms with Gasteiger partial charge in [0.15, 0.2) is 0 Å². The zero-order valence-corrected chi connectivity index (χ0v) is 21.5. The Labute approximate surface area is 217 Å². The van der Waals surface area contributed by atoms with Crippen molar-refractivity contribution in [1.29, 1.82) is 0 Å². The zero-order chi connectivity index (χ0) is 26.8. The fourth-order valence-electron chi connectivity index (χ4n) is 4.20. The molecular weight excluding hydrogens is 477 g/mol. The van der Waals surface area contributed by atoms with E-state index in [1.165, 1.54) is 12.1 Å². The quantitative estimate of drug-likeness (QED) is 0.463. The first-order valence-electron chi connectivity index (χ1n) is 12.7. The number of amides is 3. The minimum absolute atomic E-state index is 0.0267. The van der Waals surface area contributed by atoms with E-state index < -0.39 is 5.97 Å². The molecule has 1 heterocycles. The number of aliphatic carboxylic acids is 1. The number of carboxylic acid groups (broad SMARTS) is 1. The van der Waals surface area contributed by atoms with Gasteiger partial charge in [-0.15, -0.1) is 0 Å². The molecule has 1 fully saturated rings.